The van der Waals surface area contributed by atoms with Crippen molar-refractivity contribution in [2.45, 2.75) is 13.0 Å². The van der Waals surface area contributed by atoms with E-state index in [4.69, 9.17) is 4.74 Å². The molecule has 1 unspecified atom stereocenters. The molecule has 0 aromatic heterocycles. The molecule has 1 aromatic rings. The highest BCUT2D eigenvalue weighted by molar-refractivity contribution is 5.18. The Morgan fingerprint density at radius 3 is 2.73 bits per heavy atom. The predicted octanol–water partition coefficient (Wildman–Crippen LogP) is 2.33. The van der Waals surface area contributed by atoms with Gasteiger partial charge in [0.05, 0.1) is 12.7 Å². The number of likely N-dealkylation sites (N-methyl/N-ethyl adjacent to an activating group) is 1. The van der Waals surface area contributed by atoms with Crippen LogP contribution >= 0.6 is 0 Å². The number of nitrogens with zero attached hydrogens (tertiary/aromatic N) is 1. The lowest BCUT2D eigenvalue weighted by molar-refractivity contribution is 0.0359. The molecular weight excluding hydrogens is 186 g/mol. The molecule has 0 N–H and O–H groups in total. The molecule has 0 saturated carbocycles. The van der Waals surface area contributed by atoms with Gasteiger partial charge in [-0.05, 0) is 18.5 Å². The number of hydrogen-bond donors (Lipinski definition) is 0. The third-order valence-electron chi connectivity index (χ3n) is 3.02. The van der Waals surface area contributed by atoms with Crippen molar-refractivity contribution in [3.05, 3.63) is 35.9 Å². The summed E-state index contributed by atoms with van der Waals surface area (Å²) in [6.07, 6.45) is 0.260. The molecule has 2 nitrogen and oxygen atoms in total. The maximum atomic E-state index is 5.93. The van der Waals surface area contributed by atoms with Crippen LogP contribution in [0.5, 0.6) is 0 Å². The minimum atomic E-state index is 0.260. The van der Waals surface area contributed by atoms with Crippen molar-refractivity contribution in [2.24, 2.45) is 5.92 Å². The minimum absolute atomic E-state index is 0.260. The molecule has 1 heterocycles. The summed E-state index contributed by atoms with van der Waals surface area (Å²) < 4.78 is 5.93. The third-order valence-corrected chi connectivity index (χ3v) is 3.02. The fourth-order valence-electron chi connectivity index (χ4n) is 2.25. The summed E-state index contributed by atoms with van der Waals surface area (Å²) in [7, 11) is 2.16. The van der Waals surface area contributed by atoms with E-state index in [1.807, 2.05) is 0 Å². The second-order valence-electron chi connectivity index (χ2n) is 4.44. The van der Waals surface area contributed by atoms with Gasteiger partial charge in [0.25, 0.3) is 0 Å². The van der Waals surface area contributed by atoms with Crippen LogP contribution in [0, 0.1) is 5.92 Å². The molecule has 0 spiro atoms. The van der Waals surface area contributed by atoms with Gasteiger partial charge in [-0.15, -0.1) is 0 Å². The fourth-order valence-corrected chi connectivity index (χ4v) is 2.25. The SMILES string of the molecule is C[C@@H]1CN(C)CCOC1c1ccccc1. The number of ether oxygens (including phenoxy) is 1. The fraction of sp³-hybridized carbons (Fsp3) is 0.538. The standard InChI is InChI=1S/C13H19NO/c1-11-10-14(2)8-9-15-13(11)12-6-4-3-5-7-12/h3-7,11,13H,8-10H2,1-2H3/t11-,13?/m1/s1. The molecule has 1 saturated heterocycles. The molecule has 0 bridgehead atoms. The van der Waals surface area contributed by atoms with Gasteiger partial charge < -0.3 is 9.64 Å². The molecule has 2 atom stereocenters. The van der Waals surface area contributed by atoms with Crippen molar-refractivity contribution in [1.82, 2.24) is 4.90 Å². The highest BCUT2D eigenvalue weighted by Crippen LogP contribution is 2.28. The van der Waals surface area contributed by atoms with Crippen LogP contribution < -0.4 is 0 Å². The summed E-state index contributed by atoms with van der Waals surface area (Å²) in [6, 6.07) is 10.5. The molecule has 1 fully saturated rings. The average Bonchev–Trinajstić information content (AvgIpc) is 2.40. The summed E-state index contributed by atoms with van der Waals surface area (Å²) in [5.41, 5.74) is 1.31. The zero-order valence-corrected chi connectivity index (χ0v) is 9.52. The topological polar surface area (TPSA) is 12.5 Å². The molecule has 1 aromatic carbocycles. The second-order valence-corrected chi connectivity index (χ2v) is 4.44. The van der Waals surface area contributed by atoms with E-state index in [0.29, 0.717) is 5.92 Å². The molecular formula is C13H19NO. The quantitative estimate of drug-likeness (QED) is 0.697. The monoisotopic (exact) mass is 205 g/mol. The largest absolute Gasteiger partial charge is 0.372 e. The Bertz CT molecular complexity index is 299. The maximum Gasteiger partial charge on any atom is 0.0863 e. The van der Waals surface area contributed by atoms with Crippen molar-refractivity contribution >= 4 is 0 Å². The van der Waals surface area contributed by atoms with Crippen molar-refractivity contribution in [3.8, 4) is 0 Å². The van der Waals surface area contributed by atoms with Gasteiger partial charge in [0.1, 0.15) is 0 Å². The first-order valence-corrected chi connectivity index (χ1v) is 5.62. The molecule has 82 valence electrons. The van der Waals surface area contributed by atoms with E-state index in [0.717, 1.165) is 19.7 Å². The lowest BCUT2D eigenvalue weighted by Crippen LogP contribution is -2.25. The van der Waals surface area contributed by atoms with E-state index in [2.05, 4.69) is 49.2 Å². The lowest BCUT2D eigenvalue weighted by atomic mass is 9.97. The Balaban J connectivity index is 2.14. The van der Waals surface area contributed by atoms with Crippen molar-refractivity contribution in [2.75, 3.05) is 26.7 Å². The van der Waals surface area contributed by atoms with Crippen LogP contribution in [-0.4, -0.2) is 31.6 Å². The lowest BCUT2D eigenvalue weighted by Gasteiger charge is -2.22. The Morgan fingerprint density at radius 1 is 1.27 bits per heavy atom. The smallest absolute Gasteiger partial charge is 0.0863 e. The highest BCUT2D eigenvalue weighted by atomic mass is 16.5. The summed E-state index contributed by atoms with van der Waals surface area (Å²) in [5.74, 6) is 0.555. The molecule has 1 aliphatic rings. The van der Waals surface area contributed by atoms with Gasteiger partial charge in [-0.25, -0.2) is 0 Å². The van der Waals surface area contributed by atoms with Crippen LogP contribution in [0.1, 0.15) is 18.6 Å². The molecule has 0 aliphatic carbocycles. The maximum absolute atomic E-state index is 5.93. The molecule has 15 heavy (non-hydrogen) atoms. The van der Waals surface area contributed by atoms with Gasteiger partial charge in [-0.1, -0.05) is 37.3 Å². The summed E-state index contributed by atoms with van der Waals surface area (Å²) in [4.78, 5) is 2.34. The number of rotatable bonds is 1. The van der Waals surface area contributed by atoms with Crippen molar-refractivity contribution < 1.29 is 4.74 Å². The Kier molecular flexibility index (Phi) is 3.39. The Hall–Kier alpha value is -0.860. The predicted molar refractivity (Wildman–Crippen MR) is 61.8 cm³/mol. The average molecular weight is 205 g/mol. The number of hydrogen-bond acceptors (Lipinski definition) is 2. The normalized spacial score (nSPS) is 28.7. The van der Waals surface area contributed by atoms with Gasteiger partial charge in [0, 0.05) is 13.1 Å². The van der Waals surface area contributed by atoms with Crippen LogP contribution in [0.3, 0.4) is 0 Å². The van der Waals surface area contributed by atoms with E-state index >= 15 is 0 Å². The van der Waals surface area contributed by atoms with Crippen LogP contribution in [-0.2, 0) is 4.74 Å². The van der Waals surface area contributed by atoms with E-state index in [-0.39, 0.29) is 6.10 Å². The Morgan fingerprint density at radius 2 is 2.00 bits per heavy atom. The summed E-state index contributed by atoms with van der Waals surface area (Å²) >= 11 is 0. The van der Waals surface area contributed by atoms with Crippen LogP contribution in [0.25, 0.3) is 0 Å². The van der Waals surface area contributed by atoms with Crippen LogP contribution in [0.4, 0.5) is 0 Å². The van der Waals surface area contributed by atoms with E-state index in [1.54, 1.807) is 0 Å². The first kappa shape index (κ1) is 10.7. The van der Waals surface area contributed by atoms with Gasteiger partial charge in [0.2, 0.25) is 0 Å². The first-order valence-electron chi connectivity index (χ1n) is 5.62. The van der Waals surface area contributed by atoms with Crippen LogP contribution in [0.15, 0.2) is 30.3 Å². The number of benzene rings is 1. The zero-order chi connectivity index (χ0) is 10.7. The molecule has 0 amide bonds. The third kappa shape index (κ3) is 2.58. The first-order chi connectivity index (χ1) is 7.27. The zero-order valence-electron chi connectivity index (χ0n) is 9.52. The van der Waals surface area contributed by atoms with E-state index < -0.39 is 0 Å². The minimum Gasteiger partial charge on any atom is -0.372 e. The van der Waals surface area contributed by atoms with Crippen molar-refractivity contribution in [3.63, 3.8) is 0 Å². The van der Waals surface area contributed by atoms with E-state index in [1.165, 1.54) is 5.56 Å². The van der Waals surface area contributed by atoms with Gasteiger partial charge in [-0.3, -0.25) is 0 Å². The molecule has 2 heteroatoms. The highest BCUT2D eigenvalue weighted by Gasteiger charge is 2.23. The van der Waals surface area contributed by atoms with Crippen molar-refractivity contribution in [1.29, 1.82) is 0 Å². The second kappa shape index (κ2) is 4.77. The summed E-state index contributed by atoms with van der Waals surface area (Å²) in [6.45, 7) is 5.24. The van der Waals surface area contributed by atoms with E-state index in [9.17, 15) is 0 Å². The summed E-state index contributed by atoms with van der Waals surface area (Å²) in [5, 5.41) is 0. The molecule has 1 aliphatic heterocycles. The van der Waals surface area contributed by atoms with Crippen LogP contribution in [0.2, 0.25) is 0 Å². The molecule has 0 radical (unpaired) electrons. The Labute approximate surface area is 91.9 Å². The van der Waals surface area contributed by atoms with Gasteiger partial charge >= 0.3 is 0 Å². The van der Waals surface area contributed by atoms with Gasteiger partial charge in [-0.2, -0.15) is 0 Å². The van der Waals surface area contributed by atoms with Gasteiger partial charge in [0.15, 0.2) is 0 Å². The molecule has 2 rings (SSSR count).